The van der Waals surface area contributed by atoms with Crippen molar-refractivity contribution in [2.24, 2.45) is 10.1 Å². The summed E-state index contributed by atoms with van der Waals surface area (Å²) < 4.78 is 5.04. The molecule has 6 heteroatoms. The Bertz CT molecular complexity index is 939. The minimum absolute atomic E-state index is 0.0436. The maximum atomic E-state index is 12.0. The van der Waals surface area contributed by atoms with Crippen LogP contribution < -0.4 is 11.1 Å². The van der Waals surface area contributed by atoms with Crippen molar-refractivity contribution in [2.75, 3.05) is 0 Å². The Balaban J connectivity index is 1.96. The fourth-order valence-corrected chi connectivity index (χ4v) is 2.98. The van der Waals surface area contributed by atoms with Gasteiger partial charge in [0.2, 0.25) is 0 Å². The van der Waals surface area contributed by atoms with E-state index in [0.717, 1.165) is 12.0 Å². The number of fused-ring (bicyclic) bond motifs is 1. The third-order valence-corrected chi connectivity index (χ3v) is 4.06. The first-order valence-electron chi connectivity index (χ1n) is 8.09. The molecule has 0 amide bonds. The number of aryl methyl sites for hydroxylation is 1. The molecule has 1 aliphatic heterocycles. The third kappa shape index (κ3) is 3.47. The molecule has 6 nitrogen and oxygen atoms in total. The predicted molar refractivity (Wildman–Crippen MR) is 97.5 cm³/mol. The second-order valence-corrected chi connectivity index (χ2v) is 6.82. The van der Waals surface area contributed by atoms with E-state index in [1.165, 1.54) is 11.6 Å². The van der Waals surface area contributed by atoms with Crippen LogP contribution in [-0.2, 0) is 6.42 Å². The predicted octanol–water partition coefficient (Wildman–Crippen LogP) is 2.75. The summed E-state index contributed by atoms with van der Waals surface area (Å²) in [5.41, 5.74) is 4.63. The highest BCUT2D eigenvalue weighted by molar-refractivity contribution is 6.04. The molecule has 0 fully saturated rings. The topological polar surface area (TPSA) is 87.2 Å². The Morgan fingerprint density at radius 2 is 2.08 bits per heavy atom. The second kappa shape index (κ2) is 6.20. The zero-order valence-electron chi connectivity index (χ0n) is 14.8. The number of hydrogen-bond acceptors (Lipinski definition) is 6. The summed E-state index contributed by atoms with van der Waals surface area (Å²) in [6.07, 6.45) is 0.847. The first-order chi connectivity index (χ1) is 11.8. The van der Waals surface area contributed by atoms with Crippen LogP contribution >= 0.6 is 0 Å². The third-order valence-electron chi connectivity index (χ3n) is 4.06. The number of aromatic hydroxyl groups is 1. The van der Waals surface area contributed by atoms with Crippen LogP contribution in [0.3, 0.4) is 0 Å². The van der Waals surface area contributed by atoms with Crippen LogP contribution in [0.25, 0.3) is 0 Å². The molecule has 0 bridgehead atoms. The summed E-state index contributed by atoms with van der Waals surface area (Å²) in [4.78, 5) is 16.7. The molecule has 0 saturated heterocycles. The van der Waals surface area contributed by atoms with E-state index in [1.54, 1.807) is 13.8 Å². The molecule has 130 valence electrons. The van der Waals surface area contributed by atoms with Crippen LogP contribution in [0.4, 0.5) is 0 Å². The molecule has 1 aromatic carbocycles. The number of nitrogens with one attached hydrogen (secondary N) is 1. The van der Waals surface area contributed by atoms with Crippen molar-refractivity contribution in [1.29, 1.82) is 0 Å². The van der Waals surface area contributed by atoms with E-state index >= 15 is 0 Å². The van der Waals surface area contributed by atoms with Gasteiger partial charge in [0.25, 0.3) is 0 Å². The minimum Gasteiger partial charge on any atom is -0.507 e. The molecule has 2 heterocycles. The average Bonchev–Trinajstić information content (AvgIpc) is 2.50. The van der Waals surface area contributed by atoms with Gasteiger partial charge in [-0.05, 0) is 39.7 Å². The van der Waals surface area contributed by atoms with Gasteiger partial charge in [-0.25, -0.2) is 4.79 Å². The first kappa shape index (κ1) is 17.0. The van der Waals surface area contributed by atoms with E-state index in [0.29, 0.717) is 17.3 Å². The Kier molecular flexibility index (Phi) is 4.20. The van der Waals surface area contributed by atoms with E-state index in [2.05, 4.69) is 30.4 Å². The number of aliphatic imine (C=N–C) groups is 1. The van der Waals surface area contributed by atoms with E-state index < -0.39 is 5.63 Å². The zero-order valence-corrected chi connectivity index (χ0v) is 14.8. The van der Waals surface area contributed by atoms with Crippen molar-refractivity contribution >= 4 is 11.5 Å². The van der Waals surface area contributed by atoms with Crippen LogP contribution in [0.15, 0.2) is 49.6 Å². The van der Waals surface area contributed by atoms with Gasteiger partial charge >= 0.3 is 5.63 Å². The largest absolute Gasteiger partial charge is 0.507 e. The van der Waals surface area contributed by atoms with Crippen molar-refractivity contribution in [3.05, 3.63) is 63.2 Å². The Labute approximate surface area is 145 Å². The van der Waals surface area contributed by atoms with Crippen molar-refractivity contribution < 1.29 is 9.52 Å². The van der Waals surface area contributed by atoms with Gasteiger partial charge in [0.05, 0.1) is 11.3 Å². The minimum atomic E-state index is -0.619. The molecule has 0 spiro atoms. The molecule has 3 rings (SSSR count). The lowest BCUT2D eigenvalue weighted by Crippen LogP contribution is -2.34. The van der Waals surface area contributed by atoms with Crippen LogP contribution in [0.2, 0.25) is 0 Å². The average molecular weight is 339 g/mol. The van der Waals surface area contributed by atoms with Gasteiger partial charge < -0.3 is 9.52 Å². The van der Waals surface area contributed by atoms with Crippen LogP contribution in [0, 0.1) is 6.92 Å². The van der Waals surface area contributed by atoms with E-state index in [4.69, 9.17) is 9.41 Å². The fraction of sp³-hybridized carbons (Fsp3) is 0.316. The van der Waals surface area contributed by atoms with Crippen LogP contribution in [0.1, 0.15) is 43.2 Å². The molecule has 2 aromatic rings. The van der Waals surface area contributed by atoms with E-state index in [1.807, 2.05) is 18.2 Å². The highest BCUT2D eigenvalue weighted by Gasteiger charge is 2.26. The van der Waals surface area contributed by atoms with Gasteiger partial charge in [-0.2, -0.15) is 5.10 Å². The summed E-state index contributed by atoms with van der Waals surface area (Å²) in [6, 6.07) is 9.41. The highest BCUT2D eigenvalue weighted by atomic mass is 16.4. The molecule has 0 saturated carbocycles. The van der Waals surface area contributed by atoms with Crippen molar-refractivity contribution in [3.63, 3.8) is 0 Å². The molecule has 2 N–H and O–H groups in total. The molecular formula is C19H21N3O3. The highest BCUT2D eigenvalue weighted by Crippen LogP contribution is 2.26. The lowest BCUT2D eigenvalue weighted by atomic mass is 9.89. The quantitative estimate of drug-likeness (QED) is 0.650. The molecule has 25 heavy (non-hydrogen) atoms. The number of benzene rings is 1. The molecule has 1 aromatic heterocycles. The van der Waals surface area contributed by atoms with Crippen LogP contribution in [-0.4, -0.2) is 22.2 Å². The Morgan fingerprint density at radius 1 is 1.36 bits per heavy atom. The lowest BCUT2D eigenvalue weighted by molar-refractivity contribution is 0.432. The summed E-state index contributed by atoms with van der Waals surface area (Å²) in [6.45, 7) is 7.35. The standard InChI is InChI=1S/C19H21N3O3/c1-11-9-15(23)16(18(24)25-11)12(2)21-22-17-14-8-6-5-7-13(14)10-19(3,4)20-17/h5-9,23H,10H2,1-4H3,(H,20,22). The Hall–Kier alpha value is -2.89. The Morgan fingerprint density at radius 3 is 2.80 bits per heavy atom. The molecule has 1 aliphatic rings. The van der Waals surface area contributed by atoms with E-state index in [9.17, 15) is 9.90 Å². The number of rotatable bonds is 2. The normalized spacial score (nSPS) is 16.2. The maximum Gasteiger partial charge on any atom is 0.348 e. The van der Waals surface area contributed by atoms with Gasteiger partial charge in [-0.3, -0.25) is 10.4 Å². The van der Waals surface area contributed by atoms with Crippen molar-refractivity contribution in [2.45, 2.75) is 39.7 Å². The molecule has 0 atom stereocenters. The van der Waals surface area contributed by atoms with E-state index in [-0.39, 0.29) is 16.9 Å². The number of hydrazone groups is 1. The number of hydrogen-bond donors (Lipinski definition) is 2. The summed E-state index contributed by atoms with van der Waals surface area (Å²) >= 11 is 0. The number of amidine groups is 1. The molecule has 0 aliphatic carbocycles. The lowest BCUT2D eigenvalue weighted by Gasteiger charge is -2.28. The molecule has 0 unspecified atom stereocenters. The maximum absolute atomic E-state index is 12.0. The van der Waals surface area contributed by atoms with Gasteiger partial charge in [0.15, 0.2) is 0 Å². The second-order valence-electron chi connectivity index (χ2n) is 6.82. The SMILES string of the molecule is CC(=NNC1=NC(C)(C)Cc2ccccc21)c1c(O)cc(C)oc1=O. The van der Waals surface area contributed by atoms with Gasteiger partial charge in [-0.1, -0.05) is 24.3 Å². The first-order valence-corrected chi connectivity index (χ1v) is 8.09. The monoisotopic (exact) mass is 339 g/mol. The van der Waals surface area contributed by atoms with Crippen molar-refractivity contribution in [3.8, 4) is 5.75 Å². The fourth-order valence-electron chi connectivity index (χ4n) is 2.98. The van der Waals surface area contributed by atoms with Crippen LogP contribution in [0.5, 0.6) is 5.75 Å². The van der Waals surface area contributed by atoms with Gasteiger partial charge in [0, 0.05) is 11.6 Å². The number of nitrogens with zero attached hydrogens (tertiary/aromatic N) is 2. The summed E-state index contributed by atoms with van der Waals surface area (Å²) in [5.74, 6) is 0.838. The zero-order chi connectivity index (χ0) is 18.2. The molecule has 0 radical (unpaired) electrons. The molecular weight excluding hydrogens is 318 g/mol. The van der Waals surface area contributed by atoms with Gasteiger partial charge in [0.1, 0.15) is 22.9 Å². The van der Waals surface area contributed by atoms with Crippen molar-refractivity contribution in [1.82, 2.24) is 5.43 Å². The summed E-state index contributed by atoms with van der Waals surface area (Å²) in [7, 11) is 0. The van der Waals surface area contributed by atoms with Gasteiger partial charge in [-0.15, -0.1) is 0 Å². The summed E-state index contributed by atoms with van der Waals surface area (Å²) in [5, 5.41) is 14.3. The smallest absolute Gasteiger partial charge is 0.348 e.